The number of hydrogen-bond donors (Lipinski definition) is 1. The van der Waals surface area contributed by atoms with E-state index in [-0.39, 0.29) is 5.69 Å². The molecule has 0 bridgehead atoms. The van der Waals surface area contributed by atoms with Gasteiger partial charge in [-0.2, -0.15) is 0 Å². The van der Waals surface area contributed by atoms with E-state index in [0.717, 1.165) is 25.7 Å². The third-order valence-electron chi connectivity index (χ3n) is 2.39. The van der Waals surface area contributed by atoms with Crippen LogP contribution in [0.15, 0.2) is 24.8 Å². The molecule has 0 spiro atoms. The Balaban J connectivity index is 2.39. The van der Waals surface area contributed by atoms with E-state index in [2.05, 4.69) is 11.9 Å². The van der Waals surface area contributed by atoms with Gasteiger partial charge in [0.2, 0.25) is 0 Å². The number of benzene rings is 1. The molecule has 0 saturated heterocycles. The van der Waals surface area contributed by atoms with E-state index in [1.54, 1.807) is 0 Å². The summed E-state index contributed by atoms with van der Waals surface area (Å²) in [6, 6.07) is 1.34. The standard InChI is InChI=1S/C13H16F3N/c1-2-3-4-5-6-7-17-13-11(15)8-10(14)9-12(13)16/h2,8-9,17H,1,3-7H2. The van der Waals surface area contributed by atoms with E-state index < -0.39 is 17.5 Å². The van der Waals surface area contributed by atoms with Crippen molar-refractivity contribution in [3.63, 3.8) is 0 Å². The molecule has 1 aromatic carbocycles. The predicted octanol–water partition coefficient (Wildman–Crippen LogP) is 4.26. The monoisotopic (exact) mass is 243 g/mol. The second-order valence-electron chi connectivity index (χ2n) is 3.81. The number of allylic oxidation sites excluding steroid dienone is 1. The van der Waals surface area contributed by atoms with E-state index in [4.69, 9.17) is 0 Å². The zero-order chi connectivity index (χ0) is 12.7. The highest BCUT2D eigenvalue weighted by molar-refractivity contribution is 5.46. The van der Waals surface area contributed by atoms with Gasteiger partial charge in [0.1, 0.15) is 11.5 Å². The molecule has 0 aliphatic heterocycles. The van der Waals surface area contributed by atoms with Gasteiger partial charge < -0.3 is 5.32 Å². The molecule has 0 atom stereocenters. The van der Waals surface area contributed by atoms with Crippen molar-refractivity contribution >= 4 is 5.69 Å². The second kappa shape index (κ2) is 6.99. The molecule has 1 aromatic rings. The van der Waals surface area contributed by atoms with Crippen LogP contribution in [0.5, 0.6) is 0 Å². The molecule has 0 aliphatic rings. The molecule has 0 aromatic heterocycles. The van der Waals surface area contributed by atoms with Crippen LogP contribution < -0.4 is 5.32 Å². The van der Waals surface area contributed by atoms with Crippen LogP contribution >= 0.6 is 0 Å². The Labute approximate surface area is 99.3 Å². The molecule has 0 heterocycles. The molecule has 17 heavy (non-hydrogen) atoms. The van der Waals surface area contributed by atoms with Crippen LogP contribution in [0.1, 0.15) is 25.7 Å². The maximum absolute atomic E-state index is 13.2. The van der Waals surface area contributed by atoms with Crippen molar-refractivity contribution in [2.45, 2.75) is 25.7 Å². The Kier molecular flexibility index (Phi) is 5.60. The Morgan fingerprint density at radius 2 is 1.71 bits per heavy atom. The minimum Gasteiger partial charge on any atom is -0.380 e. The first kappa shape index (κ1) is 13.6. The first-order valence-electron chi connectivity index (χ1n) is 5.64. The van der Waals surface area contributed by atoms with Crippen LogP contribution in [0.25, 0.3) is 0 Å². The summed E-state index contributed by atoms with van der Waals surface area (Å²) < 4.78 is 39.0. The lowest BCUT2D eigenvalue weighted by Crippen LogP contribution is -2.06. The van der Waals surface area contributed by atoms with E-state index >= 15 is 0 Å². The summed E-state index contributed by atoms with van der Waals surface area (Å²) in [5, 5.41) is 2.64. The predicted molar refractivity (Wildman–Crippen MR) is 63.5 cm³/mol. The highest BCUT2D eigenvalue weighted by Gasteiger charge is 2.10. The van der Waals surface area contributed by atoms with Gasteiger partial charge in [-0.25, -0.2) is 13.2 Å². The normalized spacial score (nSPS) is 10.3. The molecular weight excluding hydrogens is 227 g/mol. The topological polar surface area (TPSA) is 12.0 Å². The van der Waals surface area contributed by atoms with Crippen molar-refractivity contribution in [3.8, 4) is 0 Å². The highest BCUT2D eigenvalue weighted by atomic mass is 19.1. The fourth-order valence-electron chi connectivity index (χ4n) is 1.51. The Bertz CT molecular complexity index is 354. The number of anilines is 1. The average Bonchev–Trinajstić information content (AvgIpc) is 2.26. The van der Waals surface area contributed by atoms with Crippen LogP contribution in [0, 0.1) is 17.5 Å². The molecule has 0 amide bonds. The first-order chi connectivity index (χ1) is 8.15. The van der Waals surface area contributed by atoms with Crippen LogP contribution in [0.2, 0.25) is 0 Å². The van der Waals surface area contributed by atoms with Crippen LogP contribution in [0.3, 0.4) is 0 Å². The molecule has 1 nitrogen and oxygen atoms in total. The summed E-state index contributed by atoms with van der Waals surface area (Å²) in [7, 11) is 0. The molecule has 0 saturated carbocycles. The molecule has 1 rings (SSSR count). The summed E-state index contributed by atoms with van der Waals surface area (Å²) in [6.45, 7) is 4.08. The van der Waals surface area contributed by atoms with Gasteiger partial charge in [-0.3, -0.25) is 0 Å². The fourth-order valence-corrected chi connectivity index (χ4v) is 1.51. The van der Waals surface area contributed by atoms with Gasteiger partial charge in [-0.15, -0.1) is 6.58 Å². The molecule has 0 aliphatic carbocycles. The van der Waals surface area contributed by atoms with E-state index in [9.17, 15) is 13.2 Å². The molecule has 4 heteroatoms. The number of unbranched alkanes of at least 4 members (excludes halogenated alkanes) is 3. The molecule has 0 radical (unpaired) electrons. The lowest BCUT2D eigenvalue weighted by molar-refractivity contribution is 0.546. The van der Waals surface area contributed by atoms with Crippen molar-refractivity contribution in [3.05, 3.63) is 42.2 Å². The van der Waals surface area contributed by atoms with Gasteiger partial charge in [0.05, 0.1) is 0 Å². The van der Waals surface area contributed by atoms with Gasteiger partial charge >= 0.3 is 0 Å². The first-order valence-corrected chi connectivity index (χ1v) is 5.64. The molecule has 0 unspecified atom stereocenters. The van der Waals surface area contributed by atoms with Gasteiger partial charge in [0.15, 0.2) is 11.6 Å². The highest BCUT2D eigenvalue weighted by Crippen LogP contribution is 2.20. The minimum absolute atomic E-state index is 0.255. The Morgan fingerprint density at radius 1 is 1.06 bits per heavy atom. The number of hydrogen-bond acceptors (Lipinski definition) is 1. The van der Waals surface area contributed by atoms with Gasteiger partial charge in [0.25, 0.3) is 0 Å². The summed E-state index contributed by atoms with van der Waals surface area (Å²) in [4.78, 5) is 0. The summed E-state index contributed by atoms with van der Waals surface area (Å²) in [5.74, 6) is -2.70. The quantitative estimate of drug-likeness (QED) is 0.557. The third-order valence-corrected chi connectivity index (χ3v) is 2.39. The van der Waals surface area contributed by atoms with Crippen LogP contribution in [0.4, 0.5) is 18.9 Å². The maximum atomic E-state index is 13.2. The van der Waals surface area contributed by atoms with Crippen LogP contribution in [-0.2, 0) is 0 Å². The average molecular weight is 243 g/mol. The largest absolute Gasteiger partial charge is 0.380 e. The van der Waals surface area contributed by atoms with Crippen molar-refractivity contribution in [1.82, 2.24) is 0 Å². The van der Waals surface area contributed by atoms with E-state index in [1.165, 1.54) is 0 Å². The lowest BCUT2D eigenvalue weighted by Gasteiger charge is -2.08. The summed E-state index contributed by atoms with van der Waals surface area (Å²) >= 11 is 0. The smallest absolute Gasteiger partial charge is 0.152 e. The summed E-state index contributed by atoms with van der Waals surface area (Å²) in [5.41, 5.74) is -0.255. The van der Waals surface area contributed by atoms with Gasteiger partial charge in [-0.1, -0.05) is 12.5 Å². The molecular formula is C13H16F3N. The minimum atomic E-state index is -0.906. The number of halogens is 3. The van der Waals surface area contributed by atoms with Gasteiger partial charge in [-0.05, 0) is 19.3 Å². The van der Waals surface area contributed by atoms with Crippen molar-refractivity contribution in [2.24, 2.45) is 0 Å². The Hall–Kier alpha value is -1.45. The molecule has 0 fully saturated rings. The molecule has 94 valence electrons. The van der Waals surface area contributed by atoms with Crippen LogP contribution in [-0.4, -0.2) is 6.54 Å². The lowest BCUT2D eigenvalue weighted by atomic mass is 10.2. The SMILES string of the molecule is C=CCCCCCNc1c(F)cc(F)cc1F. The molecule has 1 N–H and O–H groups in total. The van der Waals surface area contributed by atoms with Crippen molar-refractivity contribution in [2.75, 3.05) is 11.9 Å². The summed E-state index contributed by atoms with van der Waals surface area (Å²) in [6.07, 6.45) is 5.57. The number of rotatable bonds is 7. The maximum Gasteiger partial charge on any atom is 0.152 e. The third kappa shape index (κ3) is 4.51. The second-order valence-corrected chi connectivity index (χ2v) is 3.81. The van der Waals surface area contributed by atoms with E-state index in [0.29, 0.717) is 18.7 Å². The zero-order valence-corrected chi connectivity index (χ0v) is 9.61. The van der Waals surface area contributed by atoms with E-state index in [1.807, 2.05) is 6.08 Å². The zero-order valence-electron chi connectivity index (χ0n) is 9.61. The van der Waals surface area contributed by atoms with Crippen molar-refractivity contribution in [1.29, 1.82) is 0 Å². The number of nitrogens with one attached hydrogen (secondary N) is 1. The van der Waals surface area contributed by atoms with Gasteiger partial charge in [0, 0.05) is 18.7 Å². The Morgan fingerprint density at radius 3 is 2.29 bits per heavy atom. The fraction of sp³-hybridized carbons (Fsp3) is 0.385. The van der Waals surface area contributed by atoms with Crippen molar-refractivity contribution < 1.29 is 13.2 Å².